The monoisotopic (exact) mass is 367 g/mol. The molecule has 0 bridgehead atoms. The summed E-state index contributed by atoms with van der Waals surface area (Å²) in [5, 5.41) is 14.3. The lowest BCUT2D eigenvalue weighted by Gasteiger charge is -2.32. The van der Waals surface area contributed by atoms with Crippen molar-refractivity contribution in [3.05, 3.63) is 35.4 Å². The van der Waals surface area contributed by atoms with Gasteiger partial charge in [-0.1, -0.05) is 49.2 Å². The van der Waals surface area contributed by atoms with Crippen LogP contribution in [0, 0.1) is 25.2 Å². The number of nitrogens with one attached hydrogen (secondary N) is 1. The topological polar surface area (TPSA) is 65.8 Å². The largest absolute Gasteiger partial charge is 0.337 e. The van der Waals surface area contributed by atoms with Gasteiger partial charge < -0.3 is 5.32 Å². The number of amides is 1. The molecule has 2 aromatic rings. The number of hydrogen-bond donors (Lipinski definition) is 1. The number of aromatic nitrogens is 1. The van der Waals surface area contributed by atoms with Crippen LogP contribution < -0.4 is 5.32 Å². The number of fused-ring (bicyclic) bond motifs is 1. The molecule has 26 heavy (non-hydrogen) atoms. The number of hydrogen-bond acceptors (Lipinski definition) is 4. The van der Waals surface area contributed by atoms with E-state index in [-0.39, 0.29) is 11.2 Å². The zero-order valence-electron chi connectivity index (χ0n) is 15.6. The maximum Gasteiger partial charge on any atom is 0.234 e. The maximum atomic E-state index is 12.7. The number of carbonyl (C=O) groups excluding carboxylic acids is 1. The van der Waals surface area contributed by atoms with E-state index in [2.05, 4.69) is 37.4 Å². The molecule has 1 amide bonds. The summed E-state index contributed by atoms with van der Waals surface area (Å²) in [5.74, 6) is -0.0808. The molecule has 136 valence electrons. The van der Waals surface area contributed by atoms with E-state index in [0.717, 1.165) is 59.2 Å². The molecule has 1 aliphatic carbocycles. The van der Waals surface area contributed by atoms with Crippen molar-refractivity contribution in [1.82, 2.24) is 10.3 Å². The average Bonchev–Trinajstić information content (AvgIpc) is 2.63. The Bertz CT molecular complexity index is 865. The molecular formula is C21H25N3OS. The van der Waals surface area contributed by atoms with Crippen LogP contribution in [-0.2, 0) is 4.79 Å². The molecule has 4 nitrogen and oxygen atoms in total. The molecule has 1 aromatic carbocycles. The first kappa shape index (κ1) is 18.7. The lowest BCUT2D eigenvalue weighted by molar-refractivity contribution is -0.121. The SMILES string of the molecule is Cc1cc(S[C@@H](C)C(=O)NC2(C#N)CCCCC2)nc2c(C)cccc12. The number of benzene rings is 1. The van der Waals surface area contributed by atoms with Crippen LogP contribution in [0.5, 0.6) is 0 Å². The number of para-hydroxylation sites is 1. The van der Waals surface area contributed by atoms with Gasteiger partial charge in [-0.15, -0.1) is 0 Å². The molecule has 1 saturated carbocycles. The van der Waals surface area contributed by atoms with Crippen molar-refractivity contribution < 1.29 is 4.79 Å². The van der Waals surface area contributed by atoms with Gasteiger partial charge in [0.05, 0.1) is 21.9 Å². The molecule has 0 saturated heterocycles. The first-order chi connectivity index (χ1) is 12.4. The second-order valence-electron chi connectivity index (χ2n) is 7.25. The third kappa shape index (κ3) is 3.86. The summed E-state index contributed by atoms with van der Waals surface area (Å²) in [6.07, 6.45) is 4.64. The lowest BCUT2D eigenvalue weighted by atomic mass is 9.83. The summed E-state index contributed by atoms with van der Waals surface area (Å²) in [5.41, 5.74) is 2.60. The minimum Gasteiger partial charge on any atom is -0.337 e. The van der Waals surface area contributed by atoms with E-state index >= 15 is 0 Å². The summed E-state index contributed by atoms with van der Waals surface area (Å²) < 4.78 is 0. The summed E-state index contributed by atoms with van der Waals surface area (Å²) in [4.78, 5) is 17.4. The van der Waals surface area contributed by atoms with Crippen LogP contribution in [0.2, 0.25) is 0 Å². The predicted molar refractivity (Wildman–Crippen MR) is 106 cm³/mol. The van der Waals surface area contributed by atoms with E-state index < -0.39 is 5.54 Å². The minimum absolute atomic E-state index is 0.0808. The van der Waals surface area contributed by atoms with Gasteiger partial charge in [0.2, 0.25) is 5.91 Å². The number of nitrogens with zero attached hydrogens (tertiary/aromatic N) is 2. The molecule has 5 heteroatoms. The summed E-state index contributed by atoms with van der Waals surface area (Å²) in [6, 6.07) is 10.6. The number of nitriles is 1. The second kappa shape index (κ2) is 7.67. The highest BCUT2D eigenvalue weighted by Gasteiger charge is 2.34. The highest BCUT2D eigenvalue weighted by Crippen LogP contribution is 2.30. The first-order valence-corrected chi connectivity index (χ1v) is 10.1. The third-order valence-corrected chi connectivity index (χ3v) is 6.19. The van der Waals surface area contributed by atoms with Crippen LogP contribution in [0.1, 0.15) is 50.2 Å². The molecule has 1 N–H and O–H groups in total. The Morgan fingerprint density at radius 2 is 2.00 bits per heavy atom. The number of aryl methyl sites for hydroxylation is 2. The summed E-state index contributed by atoms with van der Waals surface area (Å²) >= 11 is 1.45. The van der Waals surface area contributed by atoms with Crippen LogP contribution >= 0.6 is 11.8 Å². The van der Waals surface area contributed by atoms with Crippen LogP contribution in [0.25, 0.3) is 10.9 Å². The molecule has 1 heterocycles. The predicted octanol–water partition coefficient (Wildman–Crippen LogP) is 4.67. The van der Waals surface area contributed by atoms with Crippen molar-refractivity contribution in [3.8, 4) is 6.07 Å². The average molecular weight is 368 g/mol. The smallest absolute Gasteiger partial charge is 0.234 e. The van der Waals surface area contributed by atoms with E-state index in [0.29, 0.717) is 0 Å². The van der Waals surface area contributed by atoms with Gasteiger partial charge in [0.15, 0.2) is 0 Å². The fraction of sp³-hybridized carbons (Fsp3) is 0.476. The maximum absolute atomic E-state index is 12.7. The van der Waals surface area contributed by atoms with Crippen molar-refractivity contribution in [3.63, 3.8) is 0 Å². The Morgan fingerprint density at radius 1 is 1.27 bits per heavy atom. The molecule has 0 unspecified atom stereocenters. The highest BCUT2D eigenvalue weighted by molar-refractivity contribution is 8.00. The minimum atomic E-state index is -0.687. The van der Waals surface area contributed by atoms with Gasteiger partial charge in [0.1, 0.15) is 5.54 Å². The molecule has 0 aliphatic heterocycles. The quantitative estimate of drug-likeness (QED) is 0.797. The normalized spacial score (nSPS) is 17.5. The Labute approximate surface area is 159 Å². The van der Waals surface area contributed by atoms with Gasteiger partial charge in [-0.3, -0.25) is 4.79 Å². The molecule has 1 fully saturated rings. The number of thioether (sulfide) groups is 1. The van der Waals surface area contributed by atoms with E-state index in [9.17, 15) is 10.1 Å². The van der Waals surface area contributed by atoms with Gasteiger partial charge >= 0.3 is 0 Å². The van der Waals surface area contributed by atoms with Crippen LogP contribution in [0.4, 0.5) is 0 Å². The molecule has 1 atom stereocenters. The summed E-state index contributed by atoms with van der Waals surface area (Å²) in [7, 11) is 0. The summed E-state index contributed by atoms with van der Waals surface area (Å²) in [6.45, 7) is 6.01. The number of carbonyl (C=O) groups is 1. The zero-order valence-corrected chi connectivity index (χ0v) is 16.4. The highest BCUT2D eigenvalue weighted by atomic mass is 32.2. The van der Waals surface area contributed by atoms with Gasteiger partial charge in [-0.2, -0.15) is 5.26 Å². The first-order valence-electron chi connectivity index (χ1n) is 9.21. The van der Waals surface area contributed by atoms with Crippen molar-refractivity contribution in [2.75, 3.05) is 0 Å². The van der Waals surface area contributed by atoms with Gasteiger partial charge in [0.25, 0.3) is 0 Å². The van der Waals surface area contributed by atoms with E-state index in [1.54, 1.807) is 0 Å². The third-order valence-electron chi connectivity index (χ3n) is 5.17. The van der Waals surface area contributed by atoms with E-state index in [1.807, 2.05) is 19.1 Å². The lowest BCUT2D eigenvalue weighted by Crippen LogP contribution is -2.50. The Kier molecular flexibility index (Phi) is 5.52. The Balaban J connectivity index is 1.76. The molecule has 0 spiro atoms. The van der Waals surface area contributed by atoms with Crippen LogP contribution in [-0.4, -0.2) is 21.7 Å². The van der Waals surface area contributed by atoms with E-state index in [4.69, 9.17) is 4.98 Å². The van der Waals surface area contributed by atoms with Crippen molar-refractivity contribution in [2.45, 2.75) is 68.7 Å². The second-order valence-corrected chi connectivity index (χ2v) is 8.61. The molecule has 1 aliphatic rings. The molecule has 3 rings (SSSR count). The Morgan fingerprint density at radius 3 is 2.69 bits per heavy atom. The van der Waals surface area contributed by atoms with Crippen LogP contribution in [0.3, 0.4) is 0 Å². The molecule has 0 radical (unpaired) electrons. The zero-order chi connectivity index (χ0) is 18.7. The van der Waals surface area contributed by atoms with Gasteiger partial charge in [-0.25, -0.2) is 4.98 Å². The van der Waals surface area contributed by atoms with Crippen molar-refractivity contribution in [2.24, 2.45) is 0 Å². The molecule has 1 aromatic heterocycles. The fourth-order valence-electron chi connectivity index (χ4n) is 3.58. The fourth-order valence-corrected chi connectivity index (χ4v) is 4.50. The van der Waals surface area contributed by atoms with Gasteiger partial charge in [-0.05, 0) is 50.8 Å². The van der Waals surface area contributed by atoms with E-state index in [1.165, 1.54) is 11.8 Å². The number of pyridine rings is 1. The van der Waals surface area contributed by atoms with Crippen molar-refractivity contribution >= 4 is 28.6 Å². The van der Waals surface area contributed by atoms with Crippen molar-refractivity contribution in [1.29, 1.82) is 5.26 Å². The molecular weight excluding hydrogens is 342 g/mol. The van der Waals surface area contributed by atoms with Crippen LogP contribution in [0.15, 0.2) is 29.3 Å². The standard InChI is InChI=1S/C21H25N3OS/c1-14-8-7-9-17-15(2)12-18(23-19(14)17)26-16(3)20(25)24-21(13-22)10-5-4-6-11-21/h7-9,12,16H,4-6,10-11H2,1-3H3,(H,24,25)/t16-/m0/s1. The van der Waals surface area contributed by atoms with Gasteiger partial charge in [0, 0.05) is 5.39 Å². The Hall–Kier alpha value is -2.06. The number of rotatable bonds is 4.